The highest BCUT2D eigenvalue weighted by atomic mass is 16.1. The van der Waals surface area contributed by atoms with Crippen molar-refractivity contribution in [1.82, 2.24) is 9.88 Å². The molecule has 0 saturated heterocycles. The number of aromatic nitrogens is 1. The van der Waals surface area contributed by atoms with Gasteiger partial charge in [0.05, 0.1) is 0 Å². The number of hydrogen-bond donors (Lipinski definition) is 1. The van der Waals surface area contributed by atoms with Gasteiger partial charge >= 0.3 is 0 Å². The van der Waals surface area contributed by atoms with Crippen LogP contribution in [0.3, 0.4) is 0 Å². The van der Waals surface area contributed by atoms with Crippen LogP contribution in [0.25, 0.3) is 10.9 Å². The van der Waals surface area contributed by atoms with Crippen LogP contribution in [0, 0.1) is 0 Å². The molecule has 0 spiro atoms. The van der Waals surface area contributed by atoms with E-state index in [0.717, 1.165) is 17.2 Å². The number of para-hydroxylation sites is 1. The maximum absolute atomic E-state index is 11.5. The summed E-state index contributed by atoms with van der Waals surface area (Å²) in [6.07, 6.45) is 2.53. The van der Waals surface area contributed by atoms with Crippen LogP contribution in [0.5, 0.6) is 0 Å². The molecule has 0 aliphatic carbocycles. The van der Waals surface area contributed by atoms with E-state index in [0.29, 0.717) is 12.1 Å². The zero-order valence-corrected chi connectivity index (χ0v) is 9.64. The third kappa shape index (κ3) is 2.20. The molecule has 17 heavy (non-hydrogen) atoms. The van der Waals surface area contributed by atoms with E-state index in [1.54, 1.807) is 10.8 Å². The van der Waals surface area contributed by atoms with Gasteiger partial charge in [-0.05, 0) is 13.0 Å². The van der Waals surface area contributed by atoms with Crippen molar-refractivity contribution in [2.45, 2.75) is 13.5 Å². The minimum atomic E-state index is -0.0503. The van der Waals surface area contributed by atoms with Gasteiger partial charge in [0.15, 0.2) is 6.29 Å². The highest BCUT2D eigenvalue weighted by Gasteiger charge is 2.09. The second-order valence-electron chi connectivity index (χ2n) is 3.80. The topological polar surface area (TPSA) is 51.1 Å². The molecule has 1 amide bonds. The first kappa shape index (κ1) is 11.4. The smallest absolute Gasteiger partial charge is 0.239 e. The van der Waals surface area contributed by atoms with E-state index in [1.165, 1.54) is 0 Å². The molecular weight excluding hydrogens is 216 g/mol. The van der Waals surface area contributed by atoms with Crippen LogP contribution in [0.4, 0.5) is 0 Å². The lowest BCUT2D eigenvalue weighted by Crippen LogP contribution is -2.26. The molecule has 4 nitrogen and oxygen atoms in total. The second-order valence-corrected chi connectivity index (χ2v) is 3.80. The second kappa shape index (κ2) is 4.82. The predicted molar refractivity (Wildman–Crippen MR) is 66.0 cm³/mol. The highest BCUT2D eigenvalue weighted by Crippen LogP contribution is 2.19. The Kier molecular flexibility index (Phi) is 3.23. The van der Waals surface area contributed by atoms with E-state index in [9.17, 15) is 9.59 Å². The Morgan fingerprint density at radius 2 is 2.18 bits per heavy atom. The Labute approximate surface area is 99.2 Å². The van der Waals surface area contributed by atoms with Crippen molar-refractivity contribution in [2.75, 3.05) is 6.54 Å². The summed E-state index contributed by atoms with van der Waals surface area (Å²) in [4.78, 5) is 22.5. The van der Waals surface area contributed by atoms with Crippen molar-refractivity contribution in [1.29, 1.82) is 0 Å². The molecule has 1 N–H and O–H groups in total. The van der Waals surface area contributed by atoms with E-state index in [2.05, 4.69) is 5.32 Å². The minimum Gasteiger partial charge on any atom is -0.355 e. The lowest BCUT2D eigenvalue weighted by atomic mass is 10.2. The van der Waals surface area contributed by atoms with Crippen molar-refractivity contribution in [3.8, 4) is 0 Å². The summed E-state index contributed by atoms with van der Waals surface area (Å²) in [5.74, 6) is -0.0503. The summed E-state index contributed by atoms with van der Waals surface area (Å²) in [6, 6.07) is 7.56. The largest absolute Gasteiger partial charge is 0.355 e. The number of amides is 1. The summed E-state index contributed by atoms with van der Waals surface area (Å²) < 4.78 is 1.80. The minimum absolute atomic E-state index is 0.0503. The normalized spacial score (nSPS) is 10.4. The third-order valence-electron chi connectivity index (χ3n) is 2.63. The van der Waals surface area contributed by atoms with Gasteiger partial charge < -0.3 is 9.88 Å². The van der Waals surface area contributed by atoms with Gasteiger partial charge in [-0.2, -0.15) is 0 Å². The maximum Gasteiger partial charge on any atom is 0.239 e. The van der Waals surface area contributed by atoms with Gasteiger partial charge in [-0.1, -0.05) is 18.2 Å². The van der Waals surface area contributed by atoms with Gasteiger partial charge in [-0.25, -0.2) is 0 Å². The molecule has 0 radical (unpaired) electrons. The number of rotatable bonds is 4. The van der Waals surface area contributed by atoms with E-state index >= 15 is 0 Å². The third-order valence-corrected chi connectivity index (χ3v) is 2.63. The molecule has 0 fully saturated rings. The van der Waals surface area contributed by atoms with Gasteiger partial charge in [-0.3, -0.25) is 9.59 Å². The van der Waals surface area contributed by atoms with Gasteiger partial charge in [0.25, 0.3) is 0 Å². The number of likely N-dealkylation sites (N-methyl/N-ethyl adjacent to an activating group) is 1. The molecule has 0 aliphatic heterocycles. The number of carbonyl (C=O) groups excluding carboxylic acids is 2. The molecular formula is C13H14N2O2. The average molecular weight is 230 g/mol. The molecule has 2 rings (SSSR count). The van der Waals surface area contributed by atoms with Crippen LogP contribution in [0.2, 0.25) is 0 Å². The van der Waals surface area contributed by atoms with Crippen LogP contribution in [-0.2, 0) is 11.3 Å². The molecule has 0 aliphatic rings. The van der Waals surface area contributed by atoms with Gasteiger partial charge in [0, 0.05) is 29.2 Å². The maximum atomic E-state index is 11.5. The molecule has 1 aromatic heterocycles. The first-order valence-corrected chi connectivity index (χ1v) is 5.56. The van der Waals surface area contributed by atoms with E-state index in [4.69, 9.17) is 0 Å². The average Bonchev–Trinajstić information content (AvgIpc) is 2.68. The first-order chi connectivity index (χ1) is 8.26. The van der Waals surface area contributed by atoms with Gasteiger partial charge in [-0.15, -0.1) is 0 Å². The van der Waals surface area contributed by atoms with Crippen molar-refractivity contribution >= 4 is 23.1 Å². The molecule has 0 atom stereocenters. The summed E-state index contributed by atoms with van der Waals surface area (Å²) in [6.45, 7) is 2.73. The number of hydrogen-bond acceptors (Lipinski definition) is 2. The zero-order chi connectivity index (χ0) is 12.3. The van der Waals surface area contributed by atoms with E-state index in [1.807, 2.05) is 31.2 Å². The van der Waals surface area contributed by atoms with Crippen LogP contribution in [-0.4, -0.2) is 23.3 Å². The number of fused-ring (bicyclic) bond motifs is 1. The van der Waals surface area contributed by atoms with Crippen LogP contribution in [0.15, 0.2) is 30.5 Å². The Hall–Kier alpha value is -2.10. The van der Waals surface area contributed by atoms with Crippen molar-refractivity contribution in [3.05, 3.63) is 36.0 Å². The standard InChI is InChI=1S/C13H14N2O2/c1-2-14-13(17)8-15-7-10(9-16)11-5-3-4-6-12(11)15/h3-7,9H,2,8H2,1H3,(H,14,17). The van der Waals surface area contributed by atoms with Crippen LogP contribution < -0.4 is 5.32 Å². The summed E-state index contributed by atoms with van der Waals surface area (Å²) in [5, 5.41) is 3.62. The first-order valence-electron chi connectivity index (χ1n) is 5.56. The predicted octanol–water partition coefficient (Wildman–Crippen LogP) is 1.59. The molecule has 2 aromatic rings. The van der Waals surface area contributed by atoms with Crippen molar-refractivity contribution in [2.24, 2.45) is 0 Å². The number of benzene rings is 1. The summed E-state index contributed by atoms with van der Waals surface area (Å²) in [5.41, 5.74) is 1.52. The fourth-order valence-corrected chi connectivity index (χ4v) is 1.91. The number of nitrogens with zero attached hydrogens (tertiary/aromatic N) is 1. The van der Waals surface area contributed by atoms with E-state index < -0.39 is 0 Å². The monoisotopic (exact) mass is 230 g/mol. The molecule has 4 heteroatoms. The van der Waals surface area contributed by atoms with Gasteiger partial charge in [0.2, 0.25) is 5.91 Å². The molecule has 1 aromatic carbocycles. The fourth-order valence-electron chi connectivity index (χ4n) is 1.91. The number of nitrogens with one attached hydrogen (secondary N) is 1. The van der Waals surface area contributed by atoms with Crippen molar-refractivity contribution < 1.29 is 9.59 Å². The summed E-state index contributed by atoms with van der Waals surface area (Å²) >= 11 is 0. The SMILES string of the molecule is CCNC(=O)Cn1cc(C=O)c2ccccc21. The fraction of sp³-hybridized carbons (Fsp3) is 0.231. The lowest BCUT2D eigenvalue weighted by Gasteiger charge is -2.04. The van der Waals surface area contributed by atoms with Crippen LogP contribution >= 0.6 is 0 Å². The van der Waals surface area contributed by atoms with Crippen molar-refractivity contribution in [3.63, 3.8) is 0 Å². The molecule has 0 bridgehead atoms. The quantitative estimate of drug-likeness (QED) is 0.811. The molecule has 0 saturated carbocycles. The van der Waals surface area contributed by atoms with Gasteiger partial charge in [0.1, 0.15) is 6.54 Å². The Morgan fingerprint density at radius 3 is 2.88 bits per heavy atom. The zero-order valence-electron chi connectivity index (χ0n) is 9.64. The number of carbonyl (C=O) groups is 2. The molecule has 88 valence electrons. The molecule has 0 unspecified atom stereocenters. The Balaban J connectivity index is 2.40. The number of aldehydes is 1. The summed E-state index contributed by atoms with van der Waals surface area (Å²) in [7, 11) is 0. The Morgan fingerprint density at radius 1 is 1.41 bits per heavy atom. The highest BCUT2D eigenvalue weighted by molar-refractivity contribution is 5.98. The van der Waals surface area contributed by atoms with E-state index in [-0.39, 0.29) is 12.5 Å². The Bertz CT molecular complexity index is 558. The molecule has 1 heterocycles. The van der Waals surface area contributed by atoms with Crippen LogP contribution in [0.1, 0.15) is 17.3 Å². The lowest BCUT2D eigenvalue weighted by molar-refractivity contribution is -0.121.